The molecule has 78 valence electrons. The summed E-state index contributed by atoms with van der Waals surface area (Å²) in [5, 5.41) is 4.65. The first kappa shape index (κ1) is 11.7. The maximum absolute atomic E-state index is 11.6. The summed E-state index contributed by atoms with van der Waals surface area (Å²) in [5.41, 5.74) is 5.38. The molecule has 0 radical (unpaired) electrons. The maximum atomic E-state index is 11.6. The molecule has 1 aromatic rings. The number of carbonyl (C=O) groups is 1. The lowest BCUT2D eigenvalue weighted by Gasteiger charge is -2.18. The van der Waals surface area contributed by atoms with E-state index in [0.717, 1.165) is 4.47 Å². The van der Waals surface area contributed by atoms with Crippen LogP contribution < -0.4 is 11.1 Å². The first-order valence-corrected chi connectivity index (χ1v) is 5.87. The lowest BCUT2D eigenvalue weighted by atomic mass is 10.1. The van der Waals surface area contributed by atoms with Gasteiger partial charge in [0, 0.05) is 16.6 Å². The normalized spacial score (nSPS) is 11.4. The lowest BCUT2D eigenvalue weighted by Crippen LogP contribution is -2.45. The molecule has 0 aromatic carbocycles. The summed E-state index contributed by atoms with van der Waals surface area (Å²) in [5.74, 6) is -0.0783. The molecule has 0 bridgehead atoms. The minimum absolute atomic E-state index is 0.0783. The van der Waals surface area contributed by atoms with E-state index in [1.165, 1.54) is 11.3 Å². The van der Waals surface area contributed by atoms with Crippen LogP contribution in [0.2, 0.25) is 0 Å². The van der Waals surface area contributed by atoms with Crippen LogP contribution in [0.3, 0.4) is 0 Å². The second-order valence-corrected chi connectivity index (χ2v) is 5.54. The number of nitrogens with one attached hydrogen (secondary N) is 1. The molecule has 0 saturated carbocycles. The summed E-state index contributed by atoms with van der Waals surface area (Å²) in [6.45, 7) is 4.21. The van der Waals surface area contributed by atoms with Gasteiger partial charge in [-0.2, -0.15) is 0 Å². The highest BCUT2D eigenvalue weighted by molar-refractivity contribution is 9.10. The second-order valence-electron chi connectivity index (χ2n) is 3.77. The Balaban J connectivity index is 2.56. The Hall–Kier alpha value is -0.390. The van der Waals surface area contributed by atoms with E-state index in [9.17, 15) is 4.79 Å². The van der Waals surface area contributed by atoms with Crippen molar-refractivity contribution >= 4 is 33.2 Å². The SMILES string of the molecule is CC(C)(N)CNC(=O)c1sccc1Br. The Morgan fingerprint density at radius 2 is 2.36 bits per heavy atom. The maximum Gasteiger partial charge on any atom is 0.262 e. The molecule has 0 aliphatic carbocycles. The van der Waals surface area contributed by atoms with E-state index in [1.807, 2.05) is 25.3 Å². The molecule has 5 heteroatoms. The zero-order valence-electron chi connectivity index (χ0n) is 8.13. The number of rotatable bonds is 3. The van der Waals surface area contributed by atoms with Gasteiger partial charge in [0.05, 0.1) is 0 Å². The summed E-state index contributed by atoms with van der Waals surface area (Å²) in [6, 6.07) is 1.85. The number of amides is 1. The molecule has 1 rings (SSSR count). The van der Waals surface area contributed by atoms with E-state index in [0.29, 0.717) is 11.4 Å². The summed E-state index contributed by atoms with van der Waals surface area (Å²) in [6.07, 6.45) is 0. The van der Waals surface area contributed by atoms with Crippen molar-refractivity contribution in [3.63, 3.8) is 0 Å². The number of halogens is 1. The molecule has 0 aliphatic rings. The highest BCUT2D eigenvalue weighted by Crippen LogP contribution is 2.22. The third-order valence-corrected chi connectivity index (χ3v) is 3.36. The summed E-state index contributed by atoms with van der Waals surface area (Å²) < 4.78 is 0.829. The Morgan fingerprint density at radius 1 is 1.71 bits per heavy atom. The molecule has 3 N–H and O–H groups in total. The van der Waals surface area contributed by atoms with E-state index in [4.69, 9.17) is 5.73 Å². The molecule has 0 fully saturated rings. The van der Waals surface area contributed by atoms with Crippen LogP contribution in [0.1, 0.15) is 23.5 Å². The van der Waals surface area contributed by atoms with E-state index < -0.39 is 0 Å². The molecule has 1 amide bonds. The van der Waals surface area contributed by atoms with Gasteiger partial charge in [-0.15, -0.1) is 11.3 Å². The van der Waals surface area contributed by atoms with Gasteiger partial charge >= 0.3 is 0 Å². The average Bonchev–Trinajstić information content (AvgIpc) is 2.46. The molecule has 3 nitrogen and oxygen atoms in total. The highest BCUT2D eigenvalue weighted by Gasteiger charge is 2.15. The van der Waals surface area contributed by atoms with Crippen LogP contribution in [-0.4, -0.2) is 18.0 Å². The Morgan fingerprint density at radius 3 is 2.79 bits per heavy atom. The molecule has 0 spiro atoms. The van der Waals surface area contributed by atoms with Crippen molar-refractivity contribution in [2.45, 2.75) is 19.4 Å². The van der Waals surface area contributed by atoms with Crippen molar-refractivity contribution in [2.24, 2.45) is 5.73 Å². The smallest absolute Gasteiger partial charge is 0.262 e. The fourth-order valence-electron chi connectivity index (χ4n) is 0.844. The van der Waals surface area contributed by atoms with Crippen LogP contribution in [0.15, 0.2) is 15.9 Å². The molecule has 14 heavy (non-hydrogen) atoms. The van der Waals surface area contributed by atoms with Gasteiger partial charge < -0.3 is 11.1 Å². The van der Waals surface area contributed by atoms with Crippen LogP contribution in [-0.2, 0) is 0 Å². The number of thiophene rings is 1. The first-order valence-electron chi connectivity index (χ1n) is 4.20. The zero-order chi connectivity index (χ0) is 10.8. The topological polar surface area (TPSA) is 55.1 Å². The van der Waals surface area contributed by atoms with Crippen molar-refractivity contribution in [1.29, 1.82) is 0 Å². The van der Waals surface area contributed by atoms with Gasteiger partial charge in [-0.3, -0.25) is 4.79 Å². The fraction of sp³-hybridized carbons (Fsp3) is 0.444. The van der Waals surface area contributed by atoms with E-state index in [2.05, 4.69) is 21.2 Å². The fourth-order valence-corrected chi connectivity index (χ4v) is 2.31. The minimum atomic E-state index is -0.376. The van der Waals surface area contributed by atoms with Gasteiger partial charge in [-0.1, -0.05) is 0 Å². The second kappa shape index (κ2) is 4.42. The van der Waals surface area contributed by atoms with Crippen LogP contribution >= 0.6 is 27.3 Å². The van der Waals surface area contributed by atoms with Crippen LogP contribution in [0.4, 0.5) is 0 Å². The predicted molar refractivity (Wildman–Crippen MR) is 62.6 cm³/mol. The van der Waals surface area contributed by atoms with Gasteiger partial charge in [-0.05, 0) is 41.2 Å². The van der Waals surface area contributed by atoms with Crippen molar-refractivity contribution in [3.05, 3.63) is 20.8 Å². The zero-order valence-corrected chi connectivity index (χ0v) is 10.5. The Kier molecular flexibility index (Phi) is 3.69. The first-order chi connectivity index (χ1) is 6.40. The highest BCUT2D eigenvalue weighted by atomic mass is 79.9. The third kappa shape index (κ3) is 3.40. The monoisotopic (exact) mass is 276 g/mol. The Labute approximate surface area is 95.8 Å². The van der Waals surface area contributed by atoms with Crippen LogP contribution in [0.25, 0.3) is 0 Å². The number of hydrogen-bond acceptors (Lipinski definition) is 3. The van der Waals surface area contributed by atoms with Gasteiger partial charge in [0.15, 0.2) is 0 Å². The average molecular weight is 277 g/mol. The molecule has 0 unspecified atom stereocenters. The lowest BCUT2D eigenvalue weighted by molar-refractivity contribution is 0.0949. The number of nitrogens with two attached hydrogens (primary N) is 1. The minimum Gasteiger partial charge on any atom is -0.349 e. The predicted octanol–water partition coefficient (Wildman–Crippen LogP) is 1.98. The van der Waals surface area contributed by atoms with E-state index in [1.54, 1.807) is 0 Å². The molecular formula is C9H13BrN2OS. The van der Waals surface area contributed by atoms with Gasteiger partial charge in [0.25, 0.3) is 5.91 Å². The quantitative estimate of drug-likeness (QED) is 0.887. The molecule has 0 aliphatic heterocycles. The molecule has 1 heterocycles. The van der Waals surface area contributed by atoms with E-state index >= 15 is 0 Å². The summed E-state index contributed by atoms with van der Waals surface area (Å²) in [7, 11) is 0. The summed E-state index contributed by atoms with van der Waals surface area (Å²) in [4.78, 5) is 12.3. The van der Waals surface area contributed by atoms with Crippen molar-refractivity contribution in [2.75, 3.05) is 6.54 Å². The van der Waals surface area contributed by atoms with Gasteiger partial charge in [-0.25, -0.2) is 0 Å². The van der Waals surface area contributed by atoms with Crippen molar-refractivity contribution < 1.29 is 4.79 Å². The third-order valence-electron chi connectivity index (χ3n) is 1.53. The number of hydrogen-bond donors (Lipinski definition) is 2. The van der Waals surface area contributed by atoms with Crippen LogP contribution in [0, 0.1) is 0 Å². The molecule has 0 atom stereocenters. The number of carbonyl (C=O) groups excluding carboxylic acids is 1. The van der Waals surface area contributed by atoms with Gasteiger partial charge in [0.1, 0.15) is 4.88 Å². The van der Waals surface area contributed by atoms with Crippen molar-refractivity contribution in [3.8, 4) is 0 Å². The Bertz CT molecular complexity index is 330. The van der Waals surface area contributed by atoms with E-state index in [-0.39, 0.29) is 11.4 Å². The molecular weight excluding hydrogens is 264 g/mol. The molecule has 0 saturated heterocycles. The molecule has 1 aromatic heterocycles. The van der Waals surface area contributed by atoms with Crippen molar-refractivity contribution in [1.82, 2.24) is 5.32 Å². The largest absolute Gasteiger partial charge is 0.349 e. The van der Waals surface area contributed by atoms with Crippen LogP contribution in [0.5, 0.6) is 0 Å². The van der Waals surface area contributed by atoms with Gasteiger partial charge in [0.2, 0.25) is 0 Å². The standard InChI is InChI=1S/C9H13BrN2OS/c1-9(2,11)5-12-8(13)7-6(10)3-4-14-7/h3-4H,5,11H2,1-2H3,(H,12,13). The summed E-state index contributed by atoms with van der Waals surface area (Å²) >= 11 is 4.71.